The zero-order valence-corrected chi connectivity index (χ0v) is 9.42. The Kier molecular flexibility index (Phi) is 3.38. The van der Waals surface area contributed by atoms with Crippen molar-refractivity contribution in [2.24, 2.45) is 0 Å². The molecule has 82 valence electrons. The van der Waals surface area contributed by atoms with Crippen LogP contribution in [-0.2, 0) is 4.74 Å². The monoisotopic (exact) mass is 227 g/mol. The van der Waals surface area contributed by atoms with Crippen LogP contribution in [0.1, 0.15) is 18.7 Å². The van der Waals surface area contributed by atoms with E-state index in [1.807, 2.05) is 6.92 Å². The van der Waals surface area contributed by atoms with Gasteiger partial charge in [0.25, 0.3) is 0 Å². The van der Waals surface area contributed by atoms with E-state index in [-0.39, 0.29) is 0 Å². The zero-order chi connectivity index (χ0) is 10.7. The minimum Gasteiger partial charge on any atom is -0.376 e. The van der Waals surface area contributed by atoms with E-state index in [0.717, 1.165) is 31.8 Å². The molecular formula is C10H14ClN3O. The molecule has 1 atom stereocenters. The molecule has 15 heavy (non-hydrogen) atoms. The Bertz CT molecular complexity index is 319. The molecule has 1 aliphatic heterocycles. The van der Waals surface area contributed by atoms with E-state index in [2.05, 4.69) is 15.3 Å². The van der Waals surface area contributed by atoms with Gasteiger partial charge < -0.3 is 10.1 Å². The minimum absolute atomic E-state index is 0.305. The molecule has 0 saturated carbocycles. The molecule has 4 nitrogen and oxygen atoms in total. The van der Waals surface area contributed by atoms with Crippen molar-refractivity contribution < 1.29 is 4.74 Å². The van der Waals surface area contributed by atoms with Gasteiger partial charge in [0.15, 0.2) is 0 Å². The van der Waals surface area contributed by atoms with Gasteiger partial charge in [-0.05, 0) is 19.8 Å². The van der Waals surface area contributed by atoms with Crippen LogP contribution in [0.3, 0.4) is 0 Å². The molecule has 1 fully saturated rings. The molecule has 1 N–H and O–H groups in total. The van der Waals surface area contributed by atoms with Crippen molar-refractivity contribution in [1.29, 1.82) is 0 Å². The van der Waals surface area contributed by atoms with Crippen LogP contribution in [0.25, 0.3) is 0 Å². The smallest absolute Gasteiger partial charge is 0.134 e. The molecule has 0 spiro atoms. The summed E-state index contributed by atoms with van der Waals surface area (Å²) in [4.78, 5) is 8.23. The van der Waals surface area contributed by atoms with Gasteiger partial charge in [0, 0.05) is 19.2 Å². The van der Waals surface area contributed by atoms with Crippen LogP contribution in [0, 0.1) is 6.92 Å². The van der Waals surface area contributed by atoms with Crippen LogP contribution >= 0.6 is 11.6 Å². The van der Waals surface area contributed by atoms with Gasteiger partial charge in [-0.1, -0.05) is 11.6 Å². The van der Waals surface area contributed by atoms with Gasteiger partial charge in [-0.15, -0.1) is 0 Å². The van der Waals surface area contributed by atoms with E-state index in [1.165, 1.54) is 0 Å². The second-order valence-corrected chi connectivity index (χ2v) is 4.03. The van der Waals surface area contributed by atoms with Crippen molar-refractivity contribution in [2.75, 3.05) is 18.5 Å². The third kappa shape index (κ3) is 3.04. The predicted molar refractivity (Wildman–Crippen MR) is 59.2 cm³/mol. The van der Waals surface area contributed by atoms with E-state index in [1.54, 1.807) is 6.07 Å². The molecule has 0 radical (unpaired) electrons. The Morgan fingerprint density at radius 2 is 2.47 bits per heavy atom. The second-order valence-electron chi connectivity index (χ2n) is 3.64. The standard InChI is InChI=1S/C10H14ClN3O/c1-7-13-9(11)5-10(14-7)12-6-8-3-2-4-15-8/h5,8H,2-4,6H2,1H3,(H,12,13,14)/t8-/m0/s1. The maximum absolute atomic E-state index is 5.82. The summed E-state index contributed by atoms with van der Waals surface area (Å²) in [7, 11) is 0. The molecule has 1 aromatic heterocycles. The largest absolute Gasteiger partial charge is 0.376 e. The van der Waals surface area contributed by atoms with Crippen LogP contribution in [0.15, 0.2) is 6.07 Å². The first-order valence-corrected chi connectivity index (χ1v) is 5.48. The van der Waals surface area contributed by atoms with Crippen LogP contribution < -0.4 is 5.32 Å². The minimum atomic E-state index is 0.305. The van der Waals surface area contributed by atoms with Crippen LogP contribution in [-0.4, -0.2) is 29.2 Å². The van der Waals surface area contributed by atoms with Gasteiger partial charge in [-0.2, -0.15) is 0 Å². The molecule has 5 heteroatoms. The van der Waals surface area contributed by atoms with Crippen LogP contribution in [0.2, 0.25) is 5.15 Å². The first-order chi connectivity index (χ1) is 7.24. The van der Waals surface area contributed by atoms with Gasteiger partial charge in [-0.3, -0.25) is 0 Å². The molecule has 0 amide bonds. The van der Waals surface area contributed by atoms with Gasteiger partial charge in [0.1, 0.15) is 16.8 Å². The fourth-order valence-corrected chi connectivity index (χ4v) is 1.87. The highest BCUT2D eigenvalue weighted by molar-refractivity contribution is 6.29. The Morgan fingerprint density at radius 1 is 1.60 bits per heavy atom. The van der Waals surface area contributed by atoms with E-state index in [9.17, 15) is 0 Å². The zero-order valence-electron chi connectivity index (χ0n) is 8.66. The fourth-order valence-electron chi connectivity index (χ4n) is 1.65. The highest BCUT2D eigenvalue weighted by atomic mass is 35.5. The first-order valence-electron chi connectivity index (χ1n) is 5.11. The summed E-state index contributed by atoms with van der Waals surface area (Å²) in [6, 6.07) is 1.73. The summed E-state index contributed by atoms with van der Waals surface area (Å²) >= 11 is 5.82. The van der Waals surface area contributed by atoms with E-state index >= 15 is 0 Å². The molecule has 2 rings (SSSR count). The number of ether oxygens (including phenoxy) is 1. The van der Waals surface area contributed by atoms with Crippen LogP contribution in [0.5, 0.6) is 0 Å². The van der Waals surface area contributed by atoms with Gasteiger partial charge >= 0.3 is 0 Å². The first kappa shape index (κ1) is 10.6. The fraction of sp³-hybridized carbons (Fsp3) is 0.600. The Hall–Kier alpha value is -0.870. The van der Waals surface area contributed by atoms with Gasteiger partial charge in [0.2, 0.25) is 0 Å². The van der Waals surface area contributed by atoms with Gasteiger partial charge in [-0.25, -0.2) is 9.97 Å². The number of nitrogens with zero attached hydrogens (tertiary/aromatic N) is 2. The Labute approximate surface area is 94.0 Å². The van der Waals surface area contributed by atoms with Crippen molar-refractivity contribution in [2.45, 2.75) is 25.9 Å². The van der Waals surface area contributed by atoms with E-state index < -0.39 is 0 Å². The summed E-state index contributed by atoms with van der Waals surface area (Å²) in [5.74, 6) is 1.44. The number of aryl methyl sites for hydroxylation is 1. The lowest BCUT2D eigenvalue weighted by molar-refractivity contribution is 0.120. The third-order valence-corrected chi connectivity index (χ3v) is 2.54. The summed E-state index contributed by atoms with van der Waals surface area (Å²) in [6.45, 7) is 3.48. The number of halogens is 1. The number of hydrogen-bond acceptors (Lipinski definition) is 4. The topological polar surface area (TPSA) is 47.0 Å². The number of rotatable bonds is 3. The van der Waals surface area contributed by atoms with E-state index in [4.69, 9.17) is 16.3 Å². The maximum Gasteiger partial charge on any atom is 0.134 e. The van der Waals surface area contributed by atoms with Crippen molar-refractivity contribution in [3.8, 4) is 0 Å². The Morgan fingerprint density at radius 3 is 3.13 bits per heavy atom. The van der Waals surface area contributed by atoms with Crippen molar-refractivity contribution in [3.05, 3.63) is 17.0 Å². The summed E-state index contributed by atoms with van der Waals surface area (Å²) in [5, 5.41) is 3.68. The number of aromatic nitrogens is 2. The lowest BCUT2D eigenvalue weighted by Crippen LogP contribution is -2.19. The summed E-state index contributed by atoms with van der Waals surface area (Å²) in [6.07, 6.45) is 2.57. The molecule has 1 aromatic rings. The van der Waals surface area contributed by atoms with Gasteiger partial charge in [0.05, 0.1) is 6.10 Å². The highest BCUT2D eigenvalue weighted by Crippen LogP contribution is 2.14. The number of anilines is 1. The number of nitrogens with one attached hydrogen (secondary N) is 1. The molecule has 0 bridgehead atoms. The Balaban J connectivity index is 1.92. The SMILES string of the molecule is Cc1nc(Cl)cc(NC[C@@H]2CCCO2)n1. The van der Waals surface area contributed by atoms with Crippen molar-refractivity contribution in [1.82, 2.24) is 9.97 Å². The average molecular weight is 228 g/mol. The molecule has 0 aromatic carbocycles. The van der Waals surface area contributed by atoms with E-state index in [0.29, 0.717) is 17.1 Å². The predicted octanol–water partition coefficient (Wildman–Crippen LogP) is 2.03. The highest BCUT2D eigenvalue weighted by Gasteiger charge is 2.15. The van der Waals surface area contributed by atoms with Crippen molar-refractivity contribution >= 4 is 17.4 Å². The summed E-state index contributed by atoms with van der Waals surface area (Å²) < 4.78 is 5.50. The third-order valence-electron chi connectivity index (χ3n) is 2.34. The number of hydrogen-bond donors (Lipinski definition) is 1. The normalized spacial score (nSPS) is 20.5. The quantitative estimate of drug-likeness (QED) is 0.803. The molecule has 1 aliphatic rings. The maximum atomic E-state index is 5.82. The second kappa shape index (κ2) is 4.77. The molecular weight excluding hydrogens is 214 g/mol. The lowest BCUT2D eigenvalue weighted by atomic mass is 10.2. The molecule has 0 aliphatic carbocycles. The molecule has 2 heterocycles. The average Bonchev–Trinajstić information content (AvgIpc) is 2.65. The molecule has 1 saturated heterocycles. The van der Waals surface area contributed by atoms with Crippen molar-refractivity contribution in [3.63, 3.8) is 0 Å². The molecule has 0 unspecified atom stereocenters. The summed E-state index contributed by atoms with van der Waals surface area (Å²) in [5.41, 5.74) is 0. The van der Waals surface area contributed by atoms with Crippen LogP contribution in [0.4, 0.5) is 5.82 Å². The lowest BCUT2D eigenvalue weighted by Gasteiger charge is -2.11.